The maximum atomic E-state index is 5.86. The van der Waals surface area contributed by atoms with E-state index in [0.29, 0.717) is 5.92 Å². The van der Waals surface area contributed by atoms with Crippen molar-refractivity contribution in [2.75, 3.05) is 17.7 Å². The Labute approximate surface area is 119 Å². The van der Waals surface area contributed by atoms with Gasteiger partial charge in [0.15, 0.2) is 0 Å². The third kappa shape index (κ3) is 3.80. The summed E-state index contributed by atoms with van der Waals surface area (Å²) in [5.41, 5.74) is 1.98. The molecule has 1 atom stereocenters. The zero-order chi connectivity index (χ0) is 13.5. The van der Waals surface area contributed by atoms with Crippen molar-refractivity contribution in [3.63, 3.8) is 0 Å². The van der Waals surface area contributed by atoms with E-state index in [1.165, 1.54) is 12.8 Å². The van der Waals surface area contributed by atoms with Crippen LogP contribution in [0.3, 0.4) is 0 Å². The molecule has 0 saturated heterocycles. The second-order valence-electron chi connectivity index (χ2n) is 4.79. The Morgan fingerprint density at radius 1 is 1.26 bits per heavy atom. The number of nitrogens with one attached hydrogen (secondary N) is 1. The Morgan fingerprint density at radius 3 is 2.89 bits per heavy atom. The number of rotatable bonds is 7. The number of hydrogen-bond acceptors (Lipinski definition) is 3. The Kier molecular flexibility index (Phi) is 5.40. The first-order valence-electron chi connectivity index (χ1n) is 6.85. The van der Waals surface area contributed by atoms with Gasteiger partial charge in [-0.15, -0.1) is 11.6 Å². The smallest absolute Gasteiger partial charge is 0.0950 e. The van der Waals surface area contributed by atoms with E-state index in [0.717, 1.165) is 35.4 Å². The topological polar surface area (TPSA) is 37.8 Å². The largest absolute Gasteiger partial charge is 0.383 e. The molecule has 1 heterocycles. The number of alkyl halides is 1. The first-order chi connectivity index (χ1) is 9.35. The Bertz CT molecular complexity index is 504. The Hall–Kier alpha value is -1.35. The van der Waals surface area contributed by atoms with Crippen LogP contribution < -0.4 is 5.32 Å². The van der Waals surface area contributed by atoms with Crippen molar-refractivity contribution >= 4 is 28.2 Å². The van der Waals surface area contributed by atoms with Gasteiger partial charge in [-0.1, -0.05) is 31.5 Å². The summed E-state index contributed by atoms with van der Waals surface area (Å²) in [6.45, 7) is 3.15. The third-order valence-electron chi connectivity index (χ3n) is 3.34. The average molecular weight is 278 g/mol. The van der Waals surface area contributed by atoms with Crippen LogP contribution in [0, 0.1) is 5.92 Å². The van der Waals surface area contributed by atoms with E-state index < -0.39 is 0 Å². The quantitative estimate of drug-likeness (QED) is 0.775. The molecule has 1 aromatic heterocycles. The van der Waals surface area contributed by atoms with Crippen LogP contribution in [0.25, 0.3) is 10.9 Å². The van der Waals surface area contributed by atoms with Crippen LogP contribution in [0.2, 0.25) is 0 Å². The molecule has 0 fully saturated rings. The molecule has 0 spiro atoms. The molecule has 0 amide bonds. The maximum absolute atomic E-state index is 5.86. The van der Waals surface area contributed by atoms with Gasteiger partial charge in [-0.3, -0.25) is 0 Å². The number of aromatic nitrogens is 2. The summed E-state index contributed by atoms with van der Waals surface area (Å²) in [6, 6.07) is 8.06. The molecule has 1 aromatic carbocycles. The van der Waals surface area contributed by atoms with E-state index in [-0.39, 0.29) is 0 Å². The summed E-state index contributed by atoms with van der Waals surface area (Å²) in [5.74, 6) is 1.34. The van der Waals surface area contributed by atoms with Crippen molar-refractivity contribution in [3.05, 3.63) is 30.5 Å². The maximum Gasteiger partial charge on any atom is 0.0950 e. The number of halogens is 1. The predicted molar refractivity (Wildman–Crippen MR) is 81.8 cm³/mol. The van der Waals surface area contributed by atoms with E-state index in [1.807, 2.05) is 18.2 Å². The van der Waals surface area contributed by atoms with Crippen molar-refractivity contribution in [2.45, 2.75) is 26.2 Å². The fourth-order valence-electron chi connectivity index (χ4n) is 2.31. The lowest BCUT2D eigenvalue weighted by molar-refractivity contribution is 0.490. The second kappa shape index (κ2) is 7.29. The molecule has 0 aliphatic heterocycles. The highest BCUT2D eigenvalue weighted by molar-refractivity contribution is 6.17. The van der Waals surface area contributed by atoms with Crippen molar-refractivity contribution in [1.82, 2.24) is 10.2 Å². The van der Waals surface area contributed by atoms with Gasteiger partial charge in [0, 0.05) is 17.8 Å². The second-order valence-corrected chi connectivity index (χ2v) is 5.17. The minimum atomic E-state index is 0.620. The molecule has 2 aromatic rings. The zero-order valence-corrected chi connectivity index (χ0v) is 12.0. The number of anilines is 1. The molecule has 0 aliphatic carbocycles. The molecule has 3 nitrogen and oxygen atoms in total. The first-order valence-corrected chi connectivity index (χ1v) is 7.39. The lowest BCUT2D eigenvalue weighted by atomic mass is 10.0. The van der Waals surface area contributed by atoms with E-state index in [1.54, 1.807) is 6.20 Å². The molecular weight excluding hydrogens is 258 g/mol. The van der Waals surface area contributed by atoms with E-state index in [2.05, 4.69) is 28.5 Å². The molecule has 2 rings (SSSR count). The summed E-state index contributed by atoms with van der Waals surface area (Å²) in [7, 11) is 0. The minimum absolute atomic E-state index is 0.620. The van der Waals surface area contributed by atoms with Gasteiger partial charge in [0.05, 0.1) is 17.4 Å². The number of benzene rings is 1. The fourth-order valence-corrected chi connectivity index (χ4v) is 2.62. The van der Waals surface area contributed by atoms with Gasteiger partial charge in [-0.25, -0.2) is 0 Å². The summed E-state index contributed by atoms with van der Waals surface area (Å²) >= 11 is 5.86. The van der Waals surface area contributed by atoms with Gasteiger partial charge < -0.3 is 5.32 Å². The summed E-state index contributed by atoms with van der Waals surface area (Å²) in [5, 5.41) is 12.8. The molecule has 102 valence electrons. The van der Waals surface area contributed by atoms with Gasteiger partial charge in [-0.05, 0) is 24.8 Å². The molecule has 1 unspecified atom stereocenters. The molecule has 4 heteroatoms. The van der Waals surface area contributed by atoms with Gasteiger partial charge in [0.1, 0.15) is 0 Å². The highest BCUT2D eigenvalue weighted by Gasteiger charge is 2.08. The summed E-state index contributed by atoms with van der Waals surface area (Å²) < 4.78 is 0. The SMILES string of the molecule is CCCC(CCCl)CNc1cnnc2ccccc12. The van der Waals surface area contributed by atoms with Crippen LogP contribution in [-0.2, 0) is 0 Å². The molecule has 0 saturated carbocycles. The van der Waals surface area contributed by atoms with Gasteiger partial charge in [0.2, 0.25) is 0 Å². The Morgan fingerprint density at radius 2 is 2.11 bits per heavy atom. The third-order valence-corrected chi connectivity index (χ3v) is 3.56. The van der Waals surface area contributed by atoms with Gasteiger partial charge in [0.25, 0.3) is 0 Å². The van der Waals surface area contributed by atoms with E-state index in [4.69, 9.17) is 11.6 Å². The van der Waals surface area contributed by atoms with Crippen LogP contribution in [-0.4, -0.2) is 22.6 Å². The highest BCUT2D eigenvalue weighted by Crippen LogP contribution is 2.21. The molecular formula is C15H20ClN3. The van der Waals surface area contributed by atoms with Crippen LogP contribution in [0.4, 0.5) is 5.69 Å². The summed E-state index contributed by atoms with van der Waals surface area (Å²) in [4.78, 5) is 0. The number of hydrogen-bond donors (Lipinski definition) is 1. The van der Waals surface area contributed by atoms with Crippen molar-refractivity contribution in [1.29, 1.82) is 0 Å². The van der Waals surface area contributed by atoms with Crippen LogP contribution >= 0.6 is 11.6 Å². The average Bonchev–Trinajstić information content (AvgIpc) is 2.45. The van der Waals surface area contributed by atoms with E-state index >= 15 is 0 Å². The standard InChI is InChI=1S/C15H20ClN3/c1-2-5-12(8-9-16)10-17-15-11-18-19-14-7-4-3-6-13(14)15/h3-4,6-7,11-12H,2,5,8-10H2,1H3,(H,17,19). The van der Waals surface area contributed by atoms with Gasteiger partial charge in [-0.2, -0.15) is 10.2 Å². The molecule has 19 heavy (non-hydrogen) atoms. The molecule has 0 radical (unpaired) electrons. The normalized spacial score (nSPS) is 12.5. The molecule has 0 aliphatic rings. The fraction of sp³-hybridized carbons (Fsp3) is 0.467. The monoisotopic (exact) mass is 277 g/mol. The van der Waals surface area contributed by atoms with Crippen molar-refractivity contribution < 1.29 is 0 Å². The first kappa shape index (κ1) is 14.1. The van der Waals surface area contributed by atoms with Crippen LogP contribution in [0.15, 0.2) is 30.5 Å². The van der Waals surface area contributed by atoms with Crippen LogP contribution in [0.1, 0.15) is 26.2 Å². The summed E-state index contributed by atoms with van der Waals surface area (Å²) in [6.07, 6.45) is 5.25. The lowest BCUT2D eigenvalue weighted by Crippen LogP contribution is -2.15. The van der Waals surface area contributed by atoms with Crippen molar-refractivity contribution in [2.24, 2.45) is 5.92 Å². The van der Waals surface area contributed by atoms with Gasteiger partial charge >= 0.3 is 0 Å². The molecule has 0 bridgehead atoms. The highest BCUT2D eigenvalue weighted by atomic mass is 35.5. The predicted octanol–water partition coefficient (Wildman–Crippen LogP) is 4.09. The zero-order valence-electron chi connectivity index (χ0n) is 11.3. The molecule has 1 N–H and O–H groups in total. The van der Waals surface area contributed by atoms with Crippen molar-refractivity contribution in [3.8, 4) is 0 Å². The number of nitrogens with zero attached hydrogens (tertiary/aromatic N) is 2. The number of fused-ring (bicyclic) bond motifs is 1. The van der Waals surface area contributed by atoms with E-state index in [9.17, 15) is 0 Å². The lowest BCUT2D eigenvalue weighted by Gasteiger charge is -2.17. The Balaban J connectivity index is 2.08. The minimum Gasteiger partial charge on any atom is -0.383 e. The van der Waals surface area contributed by atoms with Crippen LogP contribution in [0.5, 0.6) is 0 Å².